The van der Waals surface area contributed by atoms with Gasteiger partial charge in [-0.1, -0.05) is 41.5 Å². The molecule has 28 heavy (non-hydrogen) atoms. The summed E-state index contributed by atoms with van der Waals surface area (Å²) in [5.74, 6) is 2.58. The first-order chi connectivity index (χ1) is 12.7. The Kier molecular flexibility index (Phi) is 6.82. The molecule has 0 aliphatic heterocycles. The summed E-state index contributed by atoms with van der Waals surface area (Å²) in [6, 6.07) is 4.08. The summed E-state index contributed by atoms with van der Waals surface area (Å²) >= 11 is 3.61. The van der Waals surface area contributed by atoms with Crippen LogP contribution in [0.15, 0.2) is 16.6 Å². The molecule has 2 rings (SSSR count). The number of methoxy groups -OCH3 is 1. The van der Waals surface area contributed by atoms with Crippen molar-refractivity contribution in [2.45, 2.75) is 78.9 Å². The Balaban J connectivity index is 2.48. The standard InChI is InChI=1S/C23H37BrO3Si/c1-15-10-11-19(25)17(23(15,5)6)12-16-13-21(26-7)18(24)14-20(16)27-28(8,9)22(2,3)4/h13-15,17H,10-12H2,1-9H3/t15-,17-/m0/s1. The molecule has 1 aromatic carbocycles. The number of rotatable bonds is 5. The van der Waals surface area contributed by atoms with Crippen LogP contribution in [0.3, 0.4) is 0 Å². The van der Waals surface area contributed by atoms with Gasteiger partial charge in [0.2, 0.25) is 8.32 Å². The van der Waals surface area contributed by atoms with Gasteiger partial charge in [0.25, 0.3) is 0 Å². The molecule has 0 heterocycles. The quantitative estimate of drug-likeness (QED) is 0.435. The van der Waals surface area contributed by atoms with Crippen molar-refractivity contribution in [1.29, 1.82) is 0 Å². The van der Waals surface area contributed by atoms with E-state index in [0.29, 0.717) is 24.5 Å². The number of carbonyl (C=O) groups excluding carboxylic acids is 1. The molecular weight excluding hydrogens is 432 g/mol. The van der Waals surface area contributed by atoms with Crippen LogP contribution < -0.4 is 9.16 Å². The molecule has 0 amide bonds. The molecule has 0 N–H and O–H groups in total. The third-order valence-electron chi connectivity index (χ3n) is 7.31. The van der Waals surface area contributed by atoms with E-state index in [-0.39, 0.29) is 16.4 Å². The lowest BCUT2D eigenvalue weighted by Gasteiger charge is -2.43. The van der Waals surface area contributed by atoms with Gasteiger partial charge in [-0.15, -0.1) is 0 Å². The maximum absolute atomic E-state index is 12.9. The fraction of sp³-hybridized carbons (Fsp3) is 0.696. The number of ether oxygens (including phenoxy) is 1. The zero-order valence-electron chi connectivity index (χ0n) is 19.0. The molecule has 0 bridgehead atoms. The summed E-state index contributed by atoms with van der Waals surface area (Å²) in [5.41, 5.74) is 1.05. The topological polar surface area (TPSA) is 35.5 Å². The van der Waals surface area contributed by atoms with Crippen LogP contribution in [0.5, 0.6) is 11.5 Å². The number of hydrogen-bond donors (Lipinski definition) is 0. The highest BCUT2D eigenvalue weighted by Crippen LogP contribution is 2.47. The Bertz CT molecular complexity index is 734. The van der Waals surface area contributed by atoms with Gasteiger partial charge in [0.1, 0.15) is 17.3 Å². The second-order valence-corrected chi connectivity index (χ2v) is 16.0. The molecule has 1 saturated carbocycles. The fourth-order valence-electron chi connectivity index (χ4n) is 3.68. The van der Waals surface area contributed by atoms with Gasteiger partial charge in [0, 0.05) is 12.3 Å². The van der Waals surface area contributed by atoms with Crippen LogP contribution in [0.25, 0.3) is 0 Å². The first-order valence-electron chi connectivity index (χ1n) is 10.3. The molecule has 1 aliphatic rings. The van der Waals surface area contributed by atoms with Crippen molar-refractivity contribution in [3.8, 4) is 11.5 Å². The van der Waals surface area contributed by atoms with Crippen LogP contribution in [0.4, 0.5) is 0 Å². The van der Waals surface area contributed by atoms with Gasteiger partial charge in [-0.3, -0.25) is 4.79 Å². The number of ketones is 1. The third kappa shape index (κ3) is 4.67. The molecule has 158 valence electrons. The zero-order chi connectivity index (χ0) is 21.5. The van der Waals surface area contributed by atoms with Crippen molar-refractivity contribution in [1.82, 2.24) is 0 Å². The Morgan fingerprint density at radius 1 is 1.21 bits per heavy atom. The number of hydrogen-bond acceptors (Lipinski definition) is 3. The maximum atomic E-state index is 12.9. The van der Waals surface area contributed by atoms with Crippen LogP contribution in [0, 0.1) is 17.3 Å². The van der Waals surface area contributed by atoms with E-state index in [1.807, 2.05) is 6.07 Å². The van der Waals surface area contributed by atoms with Gasteiger partial charge in [-0.25, -0.2) is 0 Å². The molecule has 5 heteroatoms. The Morgan fingerprint density at radius 3 is 2.36 bits per heavy atom. The molecular formula is C23H37BrO3Si. The molecule has 1 aliphatic carbocycles. The first-order valence-corrected chi connectivity index (χ1v) is 14.0. The van der Waals surface area contributed by atoms with Gasteiger partial charge in [-0.05, 0) is 75.9 Å². The van der Waals surface area contributed by atoms with E-state index in [9.17, 15) is 4.79 Å². The highest BCUT2D eigenvalue weighted by molar-refractivity contribution is 9.10. The maximum Gasteiger partial charge on any atom is 0.250 e. The smallest absolute Gasteiger partial charge is 0.250 e. The van der Waals surface area contributed by atoms with E-state index in [2.05, 4.69) is 76.6 Å². The van der Waals surface area contributed by atoms with Gasteiger partial charge in [0.15, 0.2) is 0 Å². The SMILES string of the molecule is COc1cc(C[C@H]2C(=O)CC[C@H](C)C2(C)C)c(O[Si](C)(C)C(C)(C)C)cc1Br. The van der Waals surface area contributed by atoms with E-state index >= 15 is 0 Å². The number of Topliss-reactive ketones (excluding diaryl/α,β-unsaturated/α-hetero) is 1. The molecule has 1 fully saturated rings. The lowest BCUT2D eigenvalue weighted by Crippen LogP contribution is -2.44. The molecule has 0 aromatic heterocycles. The Morgan fingerprint density at radius 2 is 1.82 bits per heavy atom. The summed E-state index contributed by atoms with van der Waals surface area (Å²) in [4.78, 5) is 12.9. The van der Waals surface area contributed by atoms with Crippen molar-refractivity contribution in [3.05, 3.63) is 22.2 Å². The van der Waals surface area contributed by atoms with Crippen LogP contribution in [0.2, 0.25) is 18.1 Å². The summed E-state index contributed by atoms with van der Waals surface area (Å²) < 4.78 is 13.1. The average Bonchev–Trinajstić information content (AvgIpc) is 2.55. The van der Waals surface area contributed by atoms with Crippen molar-refractivity contribution in [2.24, 2.45) is 17.3 Å². The molecule has 0 spiro atoms. The van der Waals surface area contributed by atoms with Crippen LogP contribution in [0.1, 0.15) is 59.9 Å². The Hall–Kier alpha value is -0.813. The number of benzene rings is 1. The summed E-state index contributed by atoms with van der Waals surface area (Å²) in [6.07, 6.45) is 2.37. The molecule has 3 nitrogen and oxygen atoms in total. The van der Waals surface area contributed by atoms with Crippen LogP contribution >= 0.6 is 15.9 Å². The van der Waals surface area contributed by atoms with E-state index in [1.165, 1.54) is 0 Å². The van der Waals surface area contributed by atoms with E-state index in [4.69, 9.17) is 9.16 Å². The van der Waals surface area contributed by atoms with E-state index in [0.717, 1.165) is 28.0 Å². The van der Waals surface area contributed by atoms with Gasteiger partial charge < -0.3 is 9.16 Å². The molecule has 2 atom stereocenters. The third-order valence-corrected chi connectivity index (χ3v) is 12.3. The highest BCUT2D eigenvalue weighted by Gasteiger charge is 2.44. The first kappa shape index (κ1) is 23.5. The monoisotopic (exact) mass is 468 g/mol. The van der Waals surface area contributed by atoms with Crippen LogP contribution in [-0.2, 0) is 11.2 Å². The fourth-order valence-corrected chi connectivity index (χ4v) is 5.21. The van der Waals surface area contributed by atoms with Gasteiger partial charge >= 0.3 is 0 Å². The largest absolute Gasteiger partial charge is 0.543 e. The predicted molar refractivity (Wildman–Crippen MR) is 123 cm³/mol. The van der Waals surface area contributed by atoms with E-state index < -0.39 is 8.32 Å². The Labute approximate surface area is 180 Å². The second kappa shape index (κ2) is 8.14. The average molecular weight is 470 g/mol. The normalized spacial score (nSPS) is 22.9. The summed E-state index contributed by atoms with van der Waals surface area (Å²) in [5, 5.41) is 0.102. The minimum Gasteiger partial charge on any atom is -0.543 e. The number of carbonyl (C=O) groups is 1. The molecule has 0 radical (unpaired) electrons. The van der Waals surface area contributed by atoms with Crippen molar-refractivity contribution in [3.63, 3.8) is 0 Å². The summed E-state index contributed by atoms with van der Waals surface area (Å²) in [6.45, 7) is 18.0. The molecule has 0 saturated heterocycles. The predicted octanol–water partition coefficient (Wildman–Crippen LogP) is 7.03. The highest BCUT2D eigenvalue weighted by atomic mass is 79.9. The number of halogens is 1. The minimum absolute atomic E-state index is 0.00361. The van der Waals surface area contributed by atoms with Crippen LogP contribution in [-0.4, -0.2) is 21.2 Å². The van der Waals surface area contributed by atoms with Gasteiger partial charge in [-0.2, -0.15) is 0 Å². The van der Waals surface area contributed by atoms with E-state index in [1.54, 1.807) is 7.11 Å². The lowest BCUT2D eigenvalue weighted by atomic mass is 9.61. The lowest BCUT2D eigenvalue weighted by molar-refractivity contribution is -0.132. The van der Waals surface area contributed by atoms with Crippen molar-refractivity contribution >= 4 is 30.0 Å². The second-order valence-electron chi connectivity index (χ2n) is 10.4. The molecule has 1 aromatic rings. The van der Waals surface area contributed by atoms with Crippen molar-refractivity contribution < 1.29 is 14.0 Å². The minimum atomic E-state index is -2.01. The van der Waals surface area contributed by atoms with Crippen molar-refractivity contribution in [2.75, 3.05) is 7.11 Å². The zero-order valence-corrected chi connectivity index (χ0v) is 21.6. The molecule has 0 unspecified atom stereocenters. The summed E-state index contributed by atoms with van der Waals surface area (Å²) in [7, 11) is -0.330. The van der Waals surface area contributed by atoms with Gasteiger partial charge in [0.05, 0.1) is 11.6 Å².